The Balaban J connectivity index is 2.60. The Bertz CT molecular complexity index is 491. The molecule has 1 aliphatic heterocycles. The number of ether oxygens (including phenoxy) is 2. The molecule has 6 heteroatoms. The normalized spacial score (nSPS) is 15.1. The summed E-state index contributed by atoms with van der Waals surface area (Å²) in [5.41, 5.74) is 0.432. The van der Waals surface area contributed by atoms with E-state index in [0.29, 0.717) is 30.3 Å². The second-order valence-corrected chi connectivity index (χ2v) is 4.63. The zero-order valence-electron chi connectivity index (χ0n) is 8.06. The van der Waals surface area contributed by atoms with Crippen LogP contribution < -0.4 is 9.47 Å². The summed E-state index contributed by atoms with van der Waals surface area (Å²) in [4.78, 5) is -0.147. The Morgan fingerprint density at radius 3 is 2.27 bits per heavy atom. The minimum atomic E-state index is -4.20. The van der Waals surface area contributed by atoms with E-state index in [4.69, 9.17) is 14.0 Å². The topological polar surface area (TPSA) is 72.8 Å². The van der Waals surface area contributed by atoms with Gasteiger partial charge < -0.3 is 9.47 Å². The van der Waals surface area contributed by atoms with Crippen LogP contribution in [0.2, 0.25) is 0 Å². The lowest BCUT2D eigenvalue weighted by atomic mass is 10.2. The van der Waals surface area contributed by atoms with Gasteiger partial charge in [0, 0.05) is 6.07 Å². The predicted octanol–water partition coefficient (Wildman–Crippen LogP) is 1.01. The molecule has 0 radical (unpaired) electrons. The summed E-state index contributed by atoms with van der Waals surface area (Å²) >= 11 is 0. The van der Waals surface area contributed by atoms with E-state index in [1.807, 2.05) is 0 Å². The van der Waals surface area contributed by atoms with Gasteiger partial charge in [0.25, 0.3) is 10.1 Å². The molecule has 15 heavy (non-hydrogen) atoms. The van der Waals surface area contributed by atoms with Crippen LogP contribution in [0.3, 0.4) is 0 Å². The van der Waals surface area contributed by atoms with Crippen molar-refractivity contribution in [3.05, 3.63) is 17.7 Å². The smallest absolute Gasteiger partial charge is 0.294 e. The maximum Gasteiger partial charge on any atom is 0.294 e. The molecule has 5 nitrogen and oxygen atoms in total. The van der Waals surface area contributed by atoms with Crippen LogP contribution in [0.5, 0.6) is 11.5 Å². The van der Waals surface area contributed by atoms with Crippen LogP contribution in [0.4, 0.5) is 0 Å². The number of hydrogen-bond acceptors (Lipinski definition) is 4. The number of fused-ring (bicyclic) bond motifs is 1. The standard InChI is InChI=1S/C9H10O5S/c1-6-4-7-8(14-3-2-13-7)5-9(6)15(10,11)12/h4-5H,2-3H2,1H3,(H,10,11,12). The zero-order chi connectivity index (χ0) is 11.1. The van der Waals surface area contributed by atoms with Gasteiger partial charge in [-0.25, -0.2) is 0 Å². The fourth-order valence-electron chi connectivity index (χ4n) is 1.45. The molecule has 0 aliphatic carbocycles. The van der Waals surface area contributed by atoms with Crippen molar-refractivity contribution in [2.75, 3.05) is 13.2 Å². The minimum absolute atomic E-state index is 0.147. The quantitative estimate of drug-likeness (QED) is 0.729. The van der Waals surface area contributed by atoms with Gasteiger partial charge in [-0.05, 0) is 18.6 Å². The van der Waals surface area contributed by atoms with Gasteiger partial charge in [-0.3, -0.25) is 4.55 Å². The molecule has 1 heterocycles. The van der Waals surface area contributed by atoms with E-state index >= 15 is 0 Å². The van der Waals surface area contributed by atoms with Gasteiger partial charge in [-0.1, -0.05) is 0 Å². The number of benzene rings is 1. The molecular weight excluding hydrogens is 220 g/mol. The lowest BCUT2D eigenvalue weighted by Gasteiger charge is -2.19. The summed E-state index contributed by atoms with van der Waals surface area (Å²) in [6, 6.07) is 2.82. The highest BCUT2D eigenvalue weighted by Crippen LogP contribution is 2.34. The Morgan fingerprint density at radius 1 is 1.20 bits per heavy atom. The molecule has 0 amide bonds. The SMILES string of the molecule is Cc1cc2c(cc1S(=O)(=O)O)OCCO2. The van der Waals surface area contributed by atoms with Crippen molar-refractivity contribution in [3.63, 3.8) is 0 Å². The first kappa shape index (κ1) is 10.3. The van der Waals surface area contributed by atoms with Gasteiger partial charge in [-0.2, -0.15) is 8.42 Å². The Hall–Kier alpha value is -1.27. The molecular formula is C9H10O5S. The molecule has 0 saturated heterocycles. The Kier molecular flexibility index (Phi) is 2.32. The van der Waals surface area contributed by atoms with Crippen LogP contribution in [0.1, 0.15) is 5.56 Å². The van der Waals surface area contributed by atoms with E-state index in [2.05, 4.69) is 0 Å². The first-order valence-corrected chi connectivity index (χ1v) is 5.80. The van der Waals surface area contributed by atoms with Gasteiger partial charge in [0.2, 0.25) is 0 Å². The fourth-order valence-corrected chi connectivity index (χ4v) is 2.17. The summed E-state index contributed by atoms with van der Waals surface area (Å²) in [6.07, 6.45) is 0. The Labute approximate surface area is 87.4 Å². The van der Waals surface area contributed by atoms with Gasteiger partial charge in [0.05, 0.1) is 0 Å². The highest BCUT2D eigenvalue weighted by molar-refractivity contribution is 7.85. The van der Waals surface area contributed by atoms with Crippen LogP contribution in [0.25, 0.3) is 0 Å². The third-order valence-electron chi connectivity index (χ3n) is 2.12. The molecule has 1 aliphatic rings. The molecule has 1 aromatic rings. The molecule has 0 atom stereocenters. The van der Waals surface area contributed by atoms with Crippen molar-refractivity contribution in [2.24, 2.45) is 0 Å². The first-order valence-electron chi connectivity index (χ1n) is 4.36. The second kappa shape index (κ2) is 3.39. The van der Waals surface area contributed by atoms with Crippen LogP contribution >= 0.6 is 0 Å². The van der Waals surface area contributed by atoms with Crippen LogP contribution in [0, 0.1) is 6.92 Å². The van der Waals surface area contributed by atoms with E-state index in [1.165, 1.54) is 12.1 Å². The summed E-state index contributed by atoms with van der Waals surface area (Å²) in [6.45, 7) is 2.40. The average molecular weight is 230 g/mol. The number of aryl methyl sites for hydroxylation is 1. The van der Waals surface area contributed by atoms with Crippen LogP contribution in [0.15, 0.2) is 17.0 Å². The molecule has 1 N–H and O–H groups in total. The third kappa shape index (κ3) is 1.91. The van der Waals surface area contributed by atoms with E-state index in [0.717, 1.165) is 0 Å². The molecule has 1 aromatic carbocycles. The maximum atomic E-state index is 11.0. The van der Waals surface area contributed by atoms with Gasteiger partial charge >= 0.3 is 0 Å². The third-order valence-corrected chi connectivity index (χ3v) is 3.11. The van der Waals surface area contributed by atoms with Crippen LogP contribution in [-0.4, -0.2) is 26.2 Å². The molecule has 0 saturated carbocycles. The average Bonchev–Trinajstić information content (AvgIpc) is 2.15. The summed E-state index contributed by atoms with van der Waals surface area (Å²) in [5, 5.41) is 0. The second-order valence-electron chi connectivity index (χ2n) is 3.24. The van der Waals surface area contributed by atoms with Crippen molar-refractivity contribution in [1.29, 1.82) is 0 Å². The molecule has 0 spiro atoms. The molecule has 0 aromatic heterocycles. The molecule has 0 bridgehead atoms. The van der Waals surface area contributed by atoms with Gasteiger partial charge in [0.15, 0.2) is 11.5 Å². The first-order chi connectivity index (χ1) is 6.98. The highest BCUT2D eigenvalue weighted by Gasteiger charge is 2.20. The van der Waals surface area contributed by atoms with Crippen molar-refractivity contribution < 1.29 is 22.4 Å². The van der Waals surface area contributed by atoms with E-state index < -0.39 is 10.1 Å². The Morgan fingerprint density at radius 2 is 1.73 bits per heavy atom. The predicted molar refractivity (Wildman–Crippen MR) is 52.0 cm³/mol. The lowest BCUT2D eigenvalue weighted by Crippen LogP contribution is -2.16. The fraction of sp³-hybridized carbons (Fsp3) is 0.333. The summed E-state index contributed by atoms with van der Waals surface area (Å²) < 4.78 is 41.4. The van der Waals surface area contributed by atoms with E-state index in [-0.39, 0.29) is 4.90 Å². The summed E-state index contributed by atoms with van der Waals surface area (Å²) in [7, 11) is -4.20. The largest absolute Gasteiger partial charge is 0.486 e. The van der Waals surface area contributed by atoms with Crippen molar-refractivity contribution in [2.45, 2.75) is 11.8 Å². The number of hydrogen-bond donors (Lipinski definition) is 1. The van der Waals surface area contributed by atoms with Gasteiger partial charge in [-0.15, -0.1) is 0 Å². The molecule has 82 valence electrons. The lowest BCUT2D eigenvalue weighted by molar-refractivity contribution is 0.171. The van der Waals surface area contributed by atoms with Crippen molar-refractivity contribution in [1.82, 2.24) is 0 Å². The highest BCUT2D eigenvalue weighted by atomic mass is 32.2. The van der Waals surface area contributed by atoms with Crippen LogP contribution in [-0.2, 0) is 10.1 Å². The molecule has 0 unspecified atom stereocenters. The monoisotopic (exact) mass is 230 g/mol. The minimum Gasteiger partial charge on any atom is -0.486 e. The number of rotatable bonds is 1. The molecule has 2 rings (SSSR count). The van der Waals surface area contributed by atoms with E-state index in [1.54, 1.807) is 6.92 Å². The summed E-state index contributed by atoms with van der Waals surface area (Å²) in [5.74, 6) is 0.852. The molecule has 0 fully saturated rings. The van der Waals surface area contributed by atoms with Crippen molar-refractivity contribution in [3.8, 4) is 11.5 Å². The van der Waals surface area contributed by atoms with E-state index in [9.17, 15) is 8.42 Å². The van der Waals surface area contributed by atoms with Crippen molar-refractivity contribution >= 4 is 10.1 Å². The van der Waals surface area contributed by atoms with Gasteiger partial charge in [0.1, 0.15) is 18.1 Å². The zero-order valence-corrected chi connectivity index (χ0v) is 8.87. The maximum absolute atomic E-state index is 11.0.